The van der Waals surface area contributed by atoms with Crippen molar-refractivity contribution in [3.8, 4) is 5.75 Å². The molecule has 1 aliphatic rings. The molecule has 0 amide bonds. The zero-order chi connectivity index (χ0) is 15.0. The summed E-state index contributed by atoms with van der Waals surface area (Å²) in [5.74, 6) is -0.259. The summed E-state index contributed by atoms with van der Waals surface area (Å²) in [6, 6.07) is 10.9. The highest BCUT2D eigenvalue weighted by Crippen LogP contribution is 2.35. The molecular weight excluding hydrogens is 293 g/mol. The Labute approximate surface area is 122 Å². The number of hydrogen-bond donors (Lipinski definition) is 0. The van der Waals surface area contributed by atoms with Gasteiger partial charge in [-0.2, -0.15) is 0 Å². The van der Waals surface area contributed by atoms with E-state index < -0.39 is 15.8 Å². The largest absolute Gasteiger partial charge is 0.489 e. The van der Waals surface area contributed by atoms with Crippen LogP contribution in [0.4, 0.5) is 10.1 Å². The van der Waals surface area contributed by atoms with Crippen LogP contribution in [0.1, 0.15) is 5.56 Å². The smallest absolute Gasteiger partial charge is 0.267 e. The number of benzene rings is 2. The number of ether oxygens (including phenoxy) is 1. The minimum Gasteiger partial charge on any atom is -0.489 e. The summed E-state index contributed by atoms with van der Waals surface area (Å²) in [6.45, 7) is 2.13. The summed E-state index contributed by atoms with van der Waals surface area (Å²) in [7, 11) is -3.95. The van der Waals surface area contributed by atoms with Crippen LogP contribution in [0.2, 0.25) is 0 Å². The summed E-state index contributed by atoms with van der Waals surface area (Å²) in [5, 5.41) is 0. The topological polar surface area (TPSA) is 46.6 Å². The standard InChI is InChI=1S/C15H14FNO3S/c1-11-6-7-12(16)15(10-11)21(18,19)17-8-9-20-14-5-3-2-4-13(14)17/h2-7,10H,8-9H2,1H3. The highest BCUT2D eigenvalue weighted by atomic mass is 32.2. The van der Waals surface area contributed by atoms with Crippen LogP contribution in [-0.4, -0.2) is 21.6 Å². The van der Waals surface area contributed by atoms with Gasteiger partial charge in [-0.25, -0.2) is 12.8 Å². The molecule has 110 valence electrons. The van der Waals surface area contributed by atoms with Crippen LogP contribution < -0.4 is 9.04 Å². The molecule has 0 bridgehead atoms. The number of para-hydroxylation sites is 2. The normalized spacial score (nSPS) is 14.5. The number of sulfonamides is 1. The van der Waals surface area contributed by atoms with E-state index in [1.165, 1.54) is 16.4 Å². The lowest BCUT2D eigenvalue weighted by Gasteiger charge is -2.30. The highest BCUT2D eigenvalue weighted by molar-refractivity contribution is 7.92. The maximum atomic E-state index is 14.0. The molecule has 0 unspecified atom stereocenters. The van der Waals surface area contributed by atoms with Gasteiger partial charge in [0.25, 0.3) is 10.0 Å². The second-order valence-electron chi connectivity index (χ2n) is 4.83. The third-order valence-corrected chi connectivity index (χ3v) is 5.17. The minimum atomic E-state index is -3.95. The first-order chi connectivity index (χ1) is 10.00. The average molecular weight is 307 g/mol. The molecule has 2 aromatic rings. The first-order valence-corrected chi connectivity index (χ1v) is 7.95. The SMILES string of the molecule is Cc1ccc(F)c(S(=O)(=O)N2CCOc3ccccc32)c1. The number of nitrogens with zero attached hydrogens (tertiary/aromatic N) is 1. The molecule has 4 nitrogen and oxygen atoms in total. The Morgan fingerprint density at radius 3 is 2.76 bits per heavy atom. The van der Waals surface area contributed by atoms with E-state index in [0.29, 0.717) is 17.0 Å². The fourth-order valence-electron chi connectivity index (χ4n) is 2.32. The molecule has 6 heteroatoms. The highest BCUT2D eigenvalue weighted by Gasteiger charge is 2.31. The Bertz CT molecular complexity index is 789. The van der Waals surface area contributed by atoms with Crippen LogP contribution >= 0.6 is 0 Å². The molecule has 0 aromatic heterocycles. The van der Waals surface area contributed by atoms with Gasteiger partial charge in [0.15, 0.2) is 0 Å². The molecule has 0 fully saturated rings. The molecule has 0 spiro atoms. The van der Waals surface area contributed by atoms with Crippen LogP contribution in [0, 0.1) is 12.7 Å². The number of hydrogen-bond acceptors (Lipinski definition) is 3. The lowest BCUT2D eigenvalue weighted by Crippen LogP contribution is -2.38. The van der Waals surface area contributed by atoms with Crippen molar-refractivity contribution in [2.75, 3.05) is 17.5 Å². The maximum absolute atomic E-state index is 14.0. The zero-order valence-corrected chi connectivity index (χ0v) is 12.2. The van der Waals surface area contributed by atoms with Gasteiger partial charge in [-0.1, -0.05) is 18.2 Å². The van der Waals surface area contributed by atoms with Crippen LogP contribution in [0.3, 0.4) is 0 Å². The second-order valence-corrected chi connectivity index (χ2v) is 6.66. The Balaban J connectivity index is 2.14. The first-order valence-electron chi connectivity index (χ1n) is 6.51. The van der Waals surface area contributed by atoms with Crippen molar-refractivity contribution in [1.29, 1.82) is 0 Å². The van der Waals surface area contributed by atoms with Crippen molar-refractivity contribution in [2.45, 2.75) is 11.8 Å². The Morgan fingerprint density at radius 2 is 1.95 bits per heavy atom. The van der Waals surface area contributed by atoms with Gasteiger partial charge in [-0.05, 0) is 36.8 Å². The van der Waals surface area contributed by atoms with Gasteiger partial charge < -0.3 is 4.74 Å². The van der Waals surface area contributed by atoms with E-state index in [-0.39, 0.29) is 18.0 Å². The maximum Gasteiger partial charge on any atom is 0.267 e. The number of halogens is 1. The molecular formula is C15H14FNO3S. The van der Waals surface area contributed by atoms with Crippen LogP contribution in [0.5, 0.6) is 5.75 Å². The predicted molar refractivity (Wildman–Crippen MR) is 77.6 cm³/mol. The van der Waals surface area contributed by atoms with Gasteiger partial charge in [0.1, 0.15) is 23.1 Å². The van der Waals surface area contributed by atoms with E-state index in [2.05, 4.69) is 0 Å². The van der Waals surface area contributed by atoms with Gasteiger partial charge in [-0.3, -0.25) is 4.31 Å². The molecule has 1 aliphatic heterocycles. The minimum absolute atomic E-state index is 0.159. The molecule has 0 radical (unpaired) electrons. The van der Waals surface area contributed by atoms with E-state index in [1.54, 1.807) is 37.3 Å². The van der Waals surface area contributed by atoms with Gasteiger partial charge >= 0.3 is 0 Å². The van der Waals surface area contributed by atoms with Crippen molar-refractivity contribution >= 4 is 15.7 Å². The molecule has 0 aliphatic carbocycles. The Kier molecular flexibility index (Phi) is 3.33. The fourth-order valence-corrected chi connectivity index (χ4v) is 3.93. The Morgan fingerprint density at radius 1 is 1.19 bits per heavy atom. The lowest BCUT2D eigenvalue weighted by molar-refractivity contribution is 0.315. The zero-order valence-electron chi connectivity index (χ0n) is 11.4. The van der Waals surface area contributed by atoms with Crippen molar-refractivity contribution < 1.29 is 17.5 Å². The molecule has 0 saturated carbocycles. The average Bonchev–Trinajstić information content (AvgIpc) is 2.49. The molecule has 1 heterocycles. The summed E-state index contributed by atoms with van der Waals surface area (Å²) in [4.78, 5) is -0.306. The molecule has 0 atom stereocenters. The number of rotatable bonds is 2. The summed E-state index contributed by atoms with van der Waals surface area (Å²) in [5.41, 5.74) is 1.13. The number of aryl methyl sites for hydroxylation is 1. The van der Waals surface area contributed by atoms with Gasteiger partial charge in [0.05, 0.1) is 12.2 Å². The quantitative estimate of drug-likeness (QED) is 0.857. The predicted octanol–water partition coefficient (Wildman–Crippen LogP) is 2.72. The molecule has 2 aromatic carbocycles. The summed E-state index contributed by atoms with van der Waals surface area (Å²) in [6.07, 6.45) is 0. The van der Waals surface area contributed by atoms with Crippen LogP contribution in [0.25, 0.3) is 0 Å². The van der Waals surface area contributed by atoms with Crippen LogP contribution in [-0.2, 0) is 10.0 Å². The third kappa shape index (κ3) is 2.35. The fraction of sp³-hybridized carbons (Fsp3) is 0.200. The van der Waals surface area contributed by atoms with E-state index in [1.807, 2.05) is 0 Å². The lowest BCUT2D eigenvalue weighted by atomic mass is 10.2. The van der Waals surface area contributed by atoms with E-state index >= 15 is 0 Å². The monoisotopic (exact) mass is 307 g/mol. The first kappa shape index (κ1) is 13.9. The Hall–Kier alpha value is -2.08. The van der Waals surface area contributed by atoms with Gasteiger partial charge in [0.2, 0.25) is 0 Å². The van der Waals surface area contributed by atoms with E-state index in [9.17, 15) is 12.8 Å². The molecule has 0 N–H and O–H groups in total. The van der Waals surface area contributed by atoms with Gasteiger partial charge in [-0.15, -0.1) is 0 Å². The van der Waals surface area contributed by atoms with Crippen molar-refractivity contribution in [3.63, 3.8) is 0 Å². The second kappa shape index (κ2) is 5.04. The van der Waals surface area contributed by atoms with E-state index in [4.69, 9.17) is 4.74 Å². The van der Waals surface area contributed by atoms with Gasteiger partial charge in [0, 0.05) is 0 Å². The summed E-state index contributed by atoms with van der Waals surface area (Å²) >= 11 is 0. The van der Waals surface area contributed by atoms with Crippen molar-refractivity contribution in [1.82, 2.24) is 0 Å². The van der Waals surface area contributed by atoms with Crippen LogP contribution in [0.15, 0.2) is 47.4 Å². The van der Waals surface area contributed by atoms with E-state index in [0.717, 1.165) is 0 Å². The van der Waals surface area contributed by atoms with Crippen molar-refractivity contribution in [2.24, 2.45) is 0 Å². The summed E-state index contributed by atoms with van der Waals surface area (Å²) < 4.78 is 46.1. The van der Waals surface area contributed by atoms with Crippen molar-refractivity contribution in [3.05, 3.63) is 53.8 Å². The third-order valence-electron chi connectivity index (χ3n) is 3.34. The molecule has 0 saturated heterocycles. The molecule has 21 heavy (non-hydrogen) atoms. The number of fused-ring (bicyclic) bond motifs is 1. The molecule has 3 rings (SSSR count). The number of anilines is 1.